The lowest BCUT2D eigenvalue weighted by atomic mass is 10.1. The van der Waals surface area contributed by atoms with Crippen LogP contribution in [0.4, 0.5) is 0 Å². The maximum atomic E-state index is 9.58. The SMILES string of the molecule is Cc1cc(C)c(C)c(Oc2ccc([C@H](C)O)cc2Br)c1. The second kappa shape index (κ2) is 5.98. The fourth-order valence-corrected chi connectivity index (χ4v) is 2.56. The molecule has 2 aromatic rings. The molecule has 2 aromatic carbocycles. The van der Waals surface area contributed by atoms with Crippen LogP contribution in [0, 0.1) is 20.8 Å². The van der Waals surface area contributed by atoms with Gasteiger partial charge in [0.05, 0.1) is 10.6 Å². The zero-order valence-corrected chi connectivity index (χ0v) is 13.8. The molecule has 0 saturated heterocycles. The molecule has 0 heterocycles. The van der Waals surface area contributed by atoms with Crippen molar-refractivity contribution in [2.45, 2.75) is 33.8 Å². The van der Waals surface area contributed by atoms with Gasteiger partial charge in [0.25, 0.3) is 0 Å². The summed E-state index contributed by atoms with van der Waals surface area (Å²) in [6.45, 7) is 7.95. The molecule has 0 radical (unpaired) electrons. The highest BCUT2D eigenvalue weighted by Gasteiger charge is 2.10. The first-order chi connectivity index (χ1) is 9.38. The Labute approximate surface area is 128 Å². The van der Waals surface area contributed by atoms with E-state index in [1.54, 1.807) is 6.92 Å². The van der Waals surface area contributed by atoms with Crippen LogP contribution in [-0.2, 0) is 0 Å². The standard InChI is InChI=1S/C17H19BrO2/c1-10-7-11(2)12(3)17(8-10)20-16-6-5-14(13(4)19)9-15(16)18/h5-9,13,19H,1-4H3/t13-/m0/s1. The van der Waals surface area contributed by atoms with Gasteiger partial charge in [-0.15, -0.1) is 0 Å². The molecule has 20 heavy (non-hydrogen) atoms. The van der Waals surface area contributed by atoms with Crippen LogP contribution < -0.4 is 4.74 Å². The van der Waals surface area contributed by atoms with Crippen LogP contribution in [0.25, 0.3) is 0 Å². The smallest absolute Gasteiger partial charge is 0.141 e. The average molecular weight is 335 g/mol. The molecule has 0 aliphatic rings. The van der Waals surface area contributed by atoms with Crippen LogP contribution in [-0.4, -0.2) is 5.11 Å². The predicted molar refractivity (Wildman–Crippen MR) is 85.5 cm³/mol. The van der Waals surface area contributed by atoms with E-state index in [-0.39, 0.29) is 0 Å². The highest BCUT2D eigenvalue weighted by molar-refractivity contribution is 9.10. The summed E-state index contributed by atoms with van der Waals surface area (Å²) in [4.78, 5) is 0. The maximum absolute atomic E-state index is 9.58. The molecule has 3 heteroatoms. The van der Waals surface area contributed by atoms with E-state index in [1.165, 1.54) is 11.1 Å². The van der Waals surface area contributed by atoms with Gasteiger partial charge in [0, 0.05) is 0 Å². The fraction of sp³-hybridized carbons (Fsp3) is 0.294. The van der Waals surface area contributed by atoms with Gasteiger partial charge in [0.1, 0.15) is 11.5 Å². The van der Waals surface area contributed by atoms with Gasteiger partial charge in [-0.1, -0.05) is 12.1 Å². The number of hydrogen-bond donors (Lipinski definition) is 1. The summed E-state index contributed by atoms with van der Waals surface area (Å²) in [6, 6.07) is 9.83. The molecule has 0 spiro atoms. The van der Waals surface area contributed by atoms with Gasteiger partial charge in [-0.05, 0) is 84.1 Å². The van der Waals surface area contributed by atoms with Crippen molar-refractivity contribution in [3.63, 3.8) is 0 Å². The van der Waals surface area contributed by atoms with Gasteiger partial charge < -0.3 is 9.84 Å². The molecule has 0 amide bonds. The van der Waals surface area contributed by atoms with E-state index >= 15 is 0 Å². The summed E-state index contributed by atoms with van der Waals surface area (Å²) in [7, 11) is 0. The lowest BCUT2D eigenvalue weighted by molar-refractivity contribution is 0.199. The molecule has 0 saturated carbocycles. The minimum Gasteiger partial charge on any atom is -0.456 e. The Morgan fingerprint density at radius 1 is 1.05 bits per heavy atom. The van der Waals surface area contributed by atoms with E-state index in [4.69, 9.17) is 4.74 Å². The van der Waals surface area contributed by atoms with E-state index in [2.05, 4.69) is 42.8 Å². The largest absolute Gasteiger partial charge is 0.456 e. The third-order valence-corrected chi connectivity index (χ3v) is 4.04. The monoisotopic (exact) mass is 334 g/mol. The van der Waals surface area contributed by atoms with Crippen molar-refractivity contribution in [1.29, 1.82) is 0 Å². The van der Waals surface area contributed by atoms with Crippen molar-refractivity contribution in [3.8, 4) is 11.5 Å². The predicted octanol–water partition coefficient (Wildman–Crippen LogP) is 5.22. The zero-order valence-electron chi connectivity index (χ0n) is 12.2. The Morgan fingerprint density at radius 2 is 1.75 bits per heavy atom. The first-order valence-electron chi connectivity index (χ1n) is 6.61. The Kier molecular flexibility index (Phi) is 4.51. The third-order valence-electron chi connectivity index (χ3n) is 3.42. The maximum Gasteiger partial charge on any atom is 0.141 e. The highest BCUT2D eigenvalue weighted by atomic mass is 79.9. The summed E-state index contributed by atoms with van der Waals surface area (Å²) >= 11 is 3.50. The molecule has 0 aliphatic carbocycles. The zero-order chi connectivity index (χ0) is 14.9. The average Bonchev–Trinajstić information content (AvgIpc) is 2.37. The van der Waals surface area contributed by atoms with Crippen LogP contribution in [0.1, 0.15) is 35.3 Å². The van der Waals surface area contributed by atoms with Crippen LogP contribution in [0.3, 0.4) is 0 Å². The minimum absolute atomic E-state index is 0.483. The van der Waals surface area contributed by atoms with Crippen LogP contribution in [0.15, 0.2) is 34.8 Å². The van der Waals surface area contributed by atoms with Gasteiger partial charge in [0.2, 0.25) is 0 Å². The van der Waals surface area contributed by atoms with E-state index in [1.807, 2.05) is 24.3 Å². The van der Waals surface area contributed by atoms with Gasteiger partial charge in [-0.3, -0.25) is 0 Å². The molecule has 2 nitrogen and oxygen atoms in total. The second-order valence-electron chi connectivity index (χ2n) is 5.17. The number of hydrogen-bond acceptors (Lipinski definition) is 2. The summed E-state index contributed by atoms with van der Waals surface area (Å²) in [5.74, 6) is 1.62. The number of aryl methyl sites for hydroxylation is 2. The summed E-state index contributed by atoms with van der Waals surface area (Å²) in [5.41, 5.74) is 4.40. The van der Waals surface area contributed by atoms with E-state index in [0.717, 1.165) is 27.1 Å². The molecular weight excluding hydrogens is 316 g/mol. The molecule has 1 N–H and O–H groups in total. The summed E-state index contributed by atoms with van der Waals surface area (Å²) in [6.07, 6.45) is -0.483. The lowest BCUT2D eigenvalue weighted by Gasteiger charge is -2.14. The molecule has 0 aliphatic heterocycles. The Bertz CT molecular complexity index is 633. The molecule has 1 atom stereocenters. The Balaban J connectivity index is 2.35. The molecule has 2 rings (SSSR count). The van der Waals surface area contributed by atoms with Crippen molar-refractivity contribution < 1.29 is 9.84 Å². The Hall–Kier alpha value is -1.32. The number of rotatable bonds is 3. The first-order valence-corrected chi connectivity index (χ1v) is 7.41. The van der Waals surface area contributed by atoms with Crippen molar-refractivity contribution in [2.24, 2.45) is 0 Å². The second-order valence-corrected chi connectivity index (χ2v) is 6.03. The first kappa shape index (κ1) is 15.1. The number of benzene rings is 2. The molecular formula is C17H19BrO2. The van der Waals surface area contributed by atoms with Gasteiger partial charge in [-0.25, -0.2) is 0 Å². The molecule has 0 fully saturated rings. The number of aliphatic hydroxyl groups excluding tert-OH is 1. The van der Waals surface area contributed by atoms with Crippen molar-refractivity contribution >= 4 is 15.9 Å². The van der Waals surface area contributed by atoms with Crippen molar-refractivity contribution in [3.05, 3.63) is 57.1 Å². The molecule has 0 bridgehead atoms. The highest BCUT2D eigenvalue weighted by Crippen LogP contribution is 2.34. The van der Waals surface area contributed by atoms with E-state index in [0.29, 0.717) is 0 Å². The van der Waals surface area contributed by atoms with Crippen LogP contribution in [0.5, 0.6) is 11.5 Å². The number of ether oxygens (including phenoxy) is 1. The van der Waals surface area contributed by atoms with Crippen LogP contribution in [0.2, 0.25) is 0 Å². The van der Waals surface area contributed by atoms with Gasteiger partial charge in [0.15, 0.2) is 0 Å². The molecule has 0 aromatic heterocycles. The third kappa shape index (κ3) is 3.22. The lowest BCUT2D eigenvalue weighted by Crippen LogP contribution is -1.95. The van der Waals surface area contributed by atoms with Gasteiger partial charge in [-0.2, -0.15) is 0 Å². The summed E-state index contributed by atoms with van der Waals surface area (Å²) < 4.78 is 6.85. The van der Waals surface area contributed by atoms with E-state index in [9.17, 15) is 5.11 Å². The molecule has 0 unspecified atom stereocenters. The summed E-state index contributed by atoms with van der Waals surface area (Å²) in [5, 5.41) is 9.58. The fourth-order valence-electron chi connectivity index (χ4n) is 2.08. The van der Waals surface area contributed by atoms with Crippen LogP contribution >= 0.6 is 15.9 Å². The quantitative estimate of drug-likeness (QED) is 0.833. The minimum atomic E-state index is -0.483. The number of aliphatic hydroxyl groups is 1. The normalized spacial score (nSPS) is 12.3. The van der Waals surface area contributed by atoms with Crippen molar-refractivity contribution in [2.75, 3.05) is 0 Å². The number of halogens is 1. The topological polar surface area (TPSA) is 29.5 Å². The van der Waals surface area contributed by atoms with Gasteiger partial charge >= 0.3 is 0 Å². The molecule has 106 valence electrons. The van der Waals surface area contributed by atoms with Crippen molar-refractivity contribution in [1.82, 2.24) is 0 Å². The Morgan fingerprint density at radius 3 is 2.35 bits per heavy atom. The van der Waals surface area contributed by atoms with E-state index < -0.39 is 6.10 Å².